The third-order valence-electron chi connectivity index (χ3n) is 15.2. The zero-order chi connectivity index (χ0) is 54.2. The number of hydrogen-bond acceptors (Lipinski definition) is 13. The van der Waals surface area contributed by atoms with Crippen LogP contribution in [0.15, 0.2) is 102 Å². The van der Waals surface area contributed by atoms with E-state index >= 15 is 0 Å². The Morgan fingerprint density at radius 3 is 2.29 bits per heavy atom. The summed E-state index contributed by atoms with van der Waals surface area (Å²) in [6.07, 6.45) is 14.9. The van der Waals surface area contributed by atoms with Crippen LogP contribution in [-0.4, -0.2) is 131 Å². The molecule has 5 unspecified atom stereocenters. The Kier molecular flexibility index (Phi) is 24.2. The highest BCUT2D eigenvalue weighted by Crippen LogP contribution is 2.37. The van der Waals surface area contributed by atoms with E-state index < -0.39 is 78.0 Å². The lowest BCUT2D eigenvalue weighted by Crippen LogP contribution is -2.57. The van der Waals surface area contributed by atoms with Crippen LogP contribution >= 0.6 is 0 Å². The molecule has 73 heavy (non-hydrogen) atoms. The largest absolute Gasteiger partial charge is 0.456 e. The molecule has 3 saturated heterocycles. The average Bonchev–Trinajstić information content (AvgIpc) is 3.64. The number of carbonyl (C=O) groups excluding carboxylic acids is 4. The molecule has 3 aliphatic rings. The van der Waals surface area contributed by atoms with Crippen LogP contribution in [0.3, 0.4) is 0 Å². The Labute approximate surface area is 434 Å². The zero-order valence-corrected chi connectivity index (χ0v) is 45.2. The van der Waals surface area contributed by atoms with Gasteiger partial charge in [0.2, 0.25) is 11.8 Å². The van der Waals surface area contributed by atoms with Gasteiger partial charge in [0.25, 0.3) is 0 Å². The third-order valence-corrected chi connectivity index (χ3v) is 15.2. The van der Waals surface area contributed by atoms with E-state index in [1.54, 1.807) is 46.1 Å². The van der Waals surface area contributed by atoms with Crippen molar-refractivity contribution in [1.82, 2.24) is 10.6 Å². The minimum absolute atomic E-state index is 0.0848. The summed E-state index contributed by atoms with van der Waals surface area (Å²) in [5.41, 5.74) is 0.999. The average molecular weight is 1020 g/mol. The summed E-state index contributed by atoms with van der Waals surface area (Å²) in [7, 11) is 3.05. The summed E-state index contributed by atoms with van der Waals surface area (Å²) < 4.78 is 29.2. The lowest BCUT2D eigenvalue weighted by atomic mass is 9.79. The highest BCUT2D eigenvalue weighted by atomic mass is 16.6. The van der Waals surface area contributed by atoms with Crippen LogP contribution < -0.4 is 10.6 Å². The molecule has 0 spiro atoms. The number of aliphatic hydroxyl groups is 4. The number of esters is 1. The highest BCUT2D eigenvalue weighted by Gasteiger charge is 2.46. The van der Waals surface area contributed by atoms with Crippen molar-refractivity contribution in [2.45, 2.75) is 174 Å². The molecule has 0 saturated carbocycles. The second kappa shape index (κ2) is 28.9. The molecule has 3 heterocycles. The van der Waals surface area contributed by atoms with Gasteiger partial charge in [0.1, 0.15) is 23.8 Å². The van der Waals surface area contributed by atoms with E-state index in [1.807, 2.05) is 115 Å². The van der Waals surface area contributed by atoms with Crippen LogP contribution in [0.25, 0.3) is 0 Å². The molecule has 0 radical (unpaired) electrons. The second-order valence-corrected chi connectivity index (χ2v) is 20.9. The van der Waals surface area contributed by atoms with E-state index in [9.17, 15) is 39.6 Å². The number of rotatable bonds is 25. The van der Waals surface area contributed by atoms with E-state index in [0.29, 0.717) is 31.4 Å². The van der Waals surface area contributed by atoms with E-state index in [2.05, 4.69) is 10.6 Å². The SMILES string of the molecule is CC[C@H]1[C@@H](O)[C@@H](C)[C@H](/C=C/C=C/CC(CC(=O)/C=C/C(C)=C/C=C/[C@H]2CO[C@H](C)[C@@](C)(O)[C@H]2O)OC)O[C@@H]1C/C=C(\C)C(O)CC(OC)C(C)C(=O)NC(C(=O)N[C@@H]1C(=O)O[C@H](c2ccccc2)[C@H]1C)C(C)C. The van der Waals surface area contributed by atoms with Gasteiger partial charge in [0.05, 0.1) is 61.4 Å². The maximum absolute atomic E-state index is 13.7. The monoisotopic (exact) mass is 1020 g/mol. The molecular formula is C58H86N2O13. The van der Waals surface area contributed by atoms with Gasteiger partial charge >= 0.3 is 5.97 Å². The number of cyclic esters (lactones) is 1. The predicted octanol–water partition coefficient (Wildman–Crippen LogP) is 6.76. The number of benzene rings is 1. The van der Waals surface area contributed by atoms with Gasteiger partial charge < -0.3 is 54.7 Å². The smallest absolute Gasteiger partial charge is 0.329 e. The van der Waals surface area contributed by atoms with Crippen LogP contribution in [-0.2, 0) is 42.9 Å². The van der Waals surface area contributed by atoms with Gasteiger partial charge in [0.15, 0.2) is 5.78 Å². The topological polar surface area (TPSA) is 219 Å². The number of allylic oxidation sites excluding steroid dienone is 7. The van der Waals surface area contributed by atoms with E-state index in [-0.39, 0.29) is 66.5 Å². The molecule has 15 heteroatoms. The fourth-order valence-electron chi connectivity index (χ4n) is 9.68. The summed E-state index contributed by atoms with van der Waals surface area (Å²) >= 11 is 0. The summed E-state index contributed by atoms with van der Waals surface area (Å²) in [5.74, 6) is -3.59. The number of nitrogens with one attached hydrogen (secondary N) is 2. The Hall–Kier alpha value is -4.58. The molecule has 1 aromatic rings. The van der Waals surface area contributed by atoms with E-state index in [1.165, 1.54) is 13.2 Å². The van der Waals surface area contributed by atoms with E-state index in [0.717, 1.165) is 11.1 Å². The van der Waals surface area contributed by atoms with Crippen molar-refractivity contribution in [3.63, 3.8) is 0 Å². The van der Waals surface area contributed by atoms with Crippen LogP contribution in [0.5, 0.6) is 0 Å². The minimum atomic E-state index is -1.35. The van der Waals surface area contributed by atoms with Gasteiger partial charge in [-0.15, -0.1) is 0 Å². The van der Waals surface area contributed by atoms with Crippen molar-refractivity contribution in [2.75, 3.05) is 20.8 Å². The lowest BCUT2D eigenvalue weighted by molar-refractivity contribution is -0.203. The Balaban J connectivity index is 1.27. The molecule has 0 aromatic heterocycles. The fourth-order valence-corrected chi connectivity index (χ4v) is 9.68. The van der Waals surface area contributed by atoms with Gasteiger partial charge in [-0.05, 0) is 70.1 Å². The number of aliphatic hydroxyl groups excluding tert-OH is 3. The summed E-state index contributed by atoms with van der Waals surface area (Å²) in [4.78, 5) is 53.0. The second-order valence-electron chi connectivity index (χ2n) is 20.9. The first-order chi connectivity index (χ1) is 34.5. The predicted molar refractivity (Wildman–Crippen MR) is 281 cm³/mol. The van der Waals surface area contributed by atoms with Crippen molar-refractivity contribution >= 4 is 23.6 Å². The number of carbonyl (C=O) groups is 4. The maximum Gasteiger partial charge on any atom is 0.329 e. The Morgan fingerprint density at radius 1 is 0.945 bits per heavy atom. The molecule has 6 N–H and O–H groups in total. The molecule has 15 nitrogen and oxygen atoms in total. The molecule has 17 atom stereocenters. The lowest BCUT2D eigenvalue weighted by Gasteiger charge is -2.43. The van der Waals surface area contributed by atoms with Crippen LogP contribution in [0.1, 0.15) is 113 Å². The number of hydrogen-bond donors (Lipinski definition) is 6. The molecule has 0 aliphatic carbocycles. The zero-order valence-electron chi connectivity index (χ0n) is 45.2. The van der Waals surface area contributed by atoms with Crippen molar-refractivity contribution in [3.05, 3.63) is 108 Å². The van der Waals surface area contributed by atoms with Crippen LogP contribution in [0.2, 0.25) is 0 Å². The maximum atomic E-state index is 13.7. The molecule has 406 valence electrons. The van der Waals surface area contributed by atoms with Gasteiger partial charge in [-0.3, -0.25) is 14.4 Å². The first-order valence-corrected chi connectivity index (χ1v) is 26.1. The molecule has 3 fully saturated rings. The molecule has 2 amide bonds. The molecule has 3 aliphatic heterocycles. The third kappa shape index (κ3) is 17.0. The van der Waals surface area contributed by atoms with Crippen molar-refractivity contribution < 1.29 is 63.3 Å². The van der Waals surface area contributed by atoms with Gasteiger partial charge in [-0.2, -0.15) is 0 Å². The van der Waals surface area contributed by atoms with Crippen molar-refractivity contribution in [1.29, 1.82) is 0 Å². The fraction of sp³-hybridized carbons (Fsp3) is 0.621. The number of ketones is 1. The summed E-state index contributed by atoms with van der Waals surface area (Å²) in [6.45, 7) is 18.4. The Bertz CT molecular complexity index is 2130. The summed E-state index contributed by atoms with van der Waals surface area (Å²) in [6, 6.07) is 7.54. The number of methoxy groups -OCH3 is 2. The summed E-state index contributed by atoms with van der Waals surface area (Å²) in [5, 5.41) is 49.6. The van der Waals surface area contributed by atoms with Crippen molar-refractivity contribution in [2.24, 2.45) is 35.5 Å². The van der Waals surface area contributed by atoms with Crippen molar-refractivity contribution in [3.8, 4) is 0 Å². The Morgan fingerprint density at radius 2 is 1.64 bits per heavy atom. The highest BCUT2D eigenvalue weighted by molar-refractivity contribution is 5.92. The normalized spacial score (nSPS) is 31.5. The minimum Gasteiger partial charge on any atom is -0.456 e. The van der Waals surface area contributed by atoms with Gasteiger partial charge in [0, 0.05) is 50.7 Å². The molecule has 0 bridgehead atoms. The van der Waals surface area contributed by atoms with E-state index in [4.69, 9.17) is 23.7 Å². The first-order valence-electron chi connectivity index (χ1n) is 26.1. The van der Waals surface area contributed by atoms with Crippen LogP contribution in [0.4, 0.5) is 0 Å². The van der Waals surface area contributed by atoms with Gasteiger partial charge in [-0.1, -0.05) is 132 Å². The van der Waals surface area contributed by atoms with Crippen LogP contribution in [0, 0.1) is 35.5 Å². The van der Waals surface area contributed by atoms with Gasteiger partial charge in [-0.25, -0.2) is 4.79 Å². The molecular weight excluding hydrogens is 933 g/mol. The molecule has 1 aromatic carbocycles. The first kappa shape index (κ1) is 61.0. The number of ether oxygens (including phenoxy) is 5. The number of amides is 2. The molecule has 4 rings (SSSR count). The quantitative estimate of drug-likeness (QED) is 0.0259. The standard InChI is InChI=1S/C58H86N2O13/c1-13-45-48(72-47(37(6)52(45)63)26-19-15-18-25-44(69-11)31-43(61)29-27-35(4)21-20-24-42-33-71-40(9)58(10,68)54(42)64)30-28-36(5)46(62)32-49(70-12)38(7)55(65)59-50(34(2)3)56(66)60-51-39(8)53(73-57(51)67)41-22-16-14-17-23-41/h14-24,26-29,34,37-40,42,44-54,62-64,68H,13,25,30-33H2,1-12H3,(H,59,65)(H,60,66)/b18-15+,24-20+,26-19+,29-27+,35-21+,36-28+/t37-,38?,39-,40+,42-,44?,45+,46?,47-,48+,49?,50?,51-,52-,53-,54-,58+/m0/s1.